The number of aryl methyl sites for hydroxylation is 1. The average molecular weight is 205 g/mol. The van der Waals surface area contributed by atoms with Gasteiger partial charge in [0.25, 0.3) is 0 Å². The summed E-state index contributed by atoms with van der Waals surface area (Å²) in [4.78, 5) is 3.75. The molecule has 0 amide bonds. The summed E-state index contributed by atoms with van der Waals surface area (Å²) in [6.07, 6.45) is -2.82. The van der Waals surface area contributed by atoms with Gasteiger partial charge < -0.3 is 11.1 Å². The number of hydrogen-bond donors (Lipinski definition) is 2. The number of nitrogens with one attached hydrogen (secondary N) is 1. The molecule has 78 valence electrons. The molecule has 0 radical (unpaired) electrons. The van der Waals surface area contributed by atoms with E-state index in [0.29, 0.717) is 5.69 Å². The zero-order chi connectivity index (χ0) is 10.8. The molecule has 0 saturated heterocycles. The van der Waals surface area contributed by atoms with Crippen molar-refractivity contribution in [3.63, 3.8) is 0 Å². The lowest BCUT2D eigenvalue weighted by atomic mass is 10.2. The molecule has 0 aromatic carbocycles. The van der Waals surface area contributed by atoms with Crippen LogP contribution in [0, 0.1) is 6.92 Å². The van der Waals surface area contributed by atoms with Crippen molar-refractivity contribution in [3.05, 3.63) is 17.8 Å². The van der Waals surface area contributed by atoms with Crippen LogP contribution in [0.5, 0.6) is 0 Å². The molecular weight excluding hydrogens is 195 g/mol. The SMILES string of the molecule is Cc1cnc(NCC(F)(F)F)cc1N. The van der Waals surface area contributed by atoms with Gasteiger partial charge in [-0.3, -0.25) is 0 Å². The standard InChI is InChI=1S/C8H10F3N3/c1-5-3-13-7(2-6(5)12)14-4-8(9,10)11/h2-3H,4H2,1H3,(H3,12,13,14). The number of nitrogens with two attached hydrogens (primary N) is 1. The van der Waals surface area contributed by atoms with E-state index in [1.807, 2.05) is 0 Å². The number of halogens is 3. The number of aromatic nitrogens is 1. The Morgan fingerprint density at radius 1 is 1.50 bits per heavy atom. The summed E-state index contributed by atoms with van der Waals surface area (Å²) >= 11 is 0. The van der Waals surface area contributed by atoms with Crippen LogP contribution in [0.1, 0.15) is 5.56 Å². The lowest BCUT2D eigenvalue weighted by Crippen LogP contribution is -2.21. The molecule has 1 aromatic rings. The third kappa shape index (κ3) is 3.12. The number of anilines is 2. The third-order valence-electron chi connectivity index (χ3n) is 1.61. The van der Waals surface area contributed by atoms with Gasteiger partial charge in [0.1, 0.15) is 12.4 Å². The van der Waals surface area contributed by atoms with Gasteiger partial charge in [-0.15, -0.1) is 0 Å². The van der Waals surface area contributed by atoms with Crippen molar-refractivity contribution in [1.29, 1.82) is 0 Å². The Morgan fingerprint density at radius 3 is 2.64 bits per heavy atom. The van der Waals surface area contributed by atoms with Crippen LogP contribution < -0.4 is 11.1 Å². The van der Waals surface area contributed by atoms with E-state index in [9.17, 15) is 13.2 Å². The molecule has 0 unspecified atom stereocenters. The van der Waals surface area contributed by atoms with Crippen molar-refractivity contribution in [2.24, 2.45) is 0 Å². The molecule has 0 bridgehead atoms. The predicted molar refractivity (Wildman–Crippen MR) is 47.9 cm³/mol. The third-order valence-corrected chi connectivity index (χ3v) is 1.61. The zero-order valence-electron chi connectivity index (χ0n) is 7.52. The first-order valence-electron chi connectivity index (χ1n) is 3.91. The van der Waals surface area contributed by atoms with E-state index in [2.05, 4.69) is 10.3 Å². The molecule has 0 fully saturated rings. The molecule has 1 heterocycles. The molecule has 0 aliphatic rings. The van der Waals surface area contributed by atoms with E-state index in [-0.39, 0.29) is 5.82 Å². The maximum Gasteiger partial charge on any atom is 0.405 e. The molecule has 1 aromatic heterocycles. The van der Waals surface area contributed by atoms with Crippen molar-refractivity contribution < 1.29 is 13.2 Å². The highest BCUT2D eigenvalue weighted by Gasteiger charge is 2.26. The minimum Gasteiger partial charge on any atom is -0.398 e. The first-order valence-corrected chi connectivity index (χ1v) is 3.91. The lowest BCUT2D eigenvalue weighted by Gasteiger charge is -2.09. The Labute approximate surface area is 79.1 Å². The molecular formula is C8H10F3N3. The molecule has 0 spiro atoms. The van der Waals surface area contributed by atoms with E-state index in [4.69, 9.17) is 5.73 Å². The highest BCUT2D eigenvalue weighted by atomic mass is 19.4. The van der Waals surface area contributed by atoms with Crippen molar-refractivity contribution in [2.45, 2.75) is 13.1 Å². The van der Waals surface area contributed by atoms with Crippen LogP contribution in [-0.2, 0) is 0 Å². The minimum atomic E-state index is -4.25. The summed E-state index contributed by atoms with van der Waals surface area (Å²) < 4.78 is 35.4. The van der Waals surface area contributed by atoms with Crippen LogP contribution in [0.4, 0.5) is 24.7 Å². The minimum absolute atomic E-state index is 0.130. The van der Waals surface area contributed by atoms with Crippen molar-refractivity contribution in [3.8, 4) is 0 Å². The zero-order valence-corrected chi connectivity index (χ0v) is 7.52. The van der Waals surface area contributed by atoms with Gasteiger partial charge in [0.2, 0.25) is 0 Å². The first-order chi connectivity index (χ1) is 6.38. The Balaban J connectivity index is 2.65. The van der Waals surface area contributed by atoms with Gasteiger partial charge in [-0.25, -0.2) is 4.98 Å². The summed E-state index contributed by atoms with van der Waals surface area (Å²) in [7, 11) is 0. The topological polar surface area (TPSA) is 50.9 Å². The first kappa shape index (κ1) is 10.6. The van der Waals surface area contributed by atoms with E-state index in [1.54, 1.807) is 6.92 Å². The summed E-state index contributed by atoms with van der Waals surface area (Å²) in [6, 6.07) is 1.38. The second-order valence-corrected chi connectivity index (χ2v) is 2.89. The van der Waals surface area contributed by atoms with Gasteiger partial charge in [0.15, 0.2) is 0 Å². The number of nitrogens with zero attached hydrogens (tertiary/aromatic N) is 1. The monoisotopic (exact) mass is 205 g/mol. The van der Waals surface area contributed by atoms with E-state index < -0.39 is 12.7 Å². The van der Waals surface area contributed by atoms with E-state index in [1.165, 1.54) is 12.3 Å². The lowest BCUT2D eigenvalue weighted by molar-refractivity contribution is -0.115. The summed E-state index contributed by atoms with van der Waals surface area (Å²) in [5.41, 5.74) is 6.66. The molecule has 1 rings (SSSR count). The highest BCUT2D eigenvalue weighted by Crippen LogP contribution is 2.17. The van der Waals surface area contributed by atoms with Crippen molar-refractivity contribution >= 4 is 11.5 Å². The second kappa shape index (κ2) is 3.73. The largest absolute Gasteiger partial charge is 0.405 e. The normalized spacial score (nSPS) is 11.4. The Bertz CT molecular complexity index is 322. The van der Waals surface area contributed by atoms with Crippen molar-refractivity contribution in [2.75, 3.05) is 17.6 Å². The van der Waals surface area contributed by atoms with Crippen LogP contribution >= 0.6 is 0 Å². The van der Waals surface area contributed by atoms with E-state index in [0.717, 1.165) is 5.56 Å². The smallest absolute Gasteiger partial charge is 0.398 e. The number of alkyl halides is 3. The number of rotatable bonds is 2. The Kier molecular flexibility index (Phi) is 2.83. The van der Waals surface area contributed by atoms with Crippen LogP contribution in [0.25, 0.3) is 0 Å². The fourth-order valence-electron chi connectivity index (χ4n) is 0.827. The average Bonchev–Trinajstić information content (AvgIpc) is 2.06. The van der Waals surface area contributed by atoms with Gasteiger partial charge in [0.05, 0.1) is 0 Å². The predicted octanol–water partition coefficient (Wildman–Crippen LogP) is 1.95. The number of nitrogen functional groups attached to an aromatic ring is 1. The van der Waals surface area contributed by atoms with E-state index >= 15 is 0 Å². The molecule has 6 heteroatoms. The Hall–Kier alpha value is -1.46. The summed E-state index contributed by atoms with van der Waals surface area (Å²) in [5.74, 6) is 0.130. The van der Waals surface area contributed by atoms with Crippen LogP contribution in [0.15, 0.2) is 12.3 Å². The molecule has 0 saturated carbocycles. The molecule has 0 aliphatic carbocycles. The van der Waals surface area contributed by atoms with Crippen LogP contribution in [0.2, 0.25) is 0 Å². The molecule has 0 atom stereocenters. The number of hydrogen-bond acceptors (Lipinski definition) is 3. The summed E-state index contributed by atoms with van der Waals surface area (Å²) in [5, 5.41) is 2.14. The fraction of sp³-hybridized carbons (Fsp3) is 0.375. The van der Waals surface area contributed by atoms with Crippen LogP contribution in [0.3, 0.4) is 0 Å². The Morgan fingerprint density at radius 2 is 2.14 bits per heavy atom. The molecule has 14 heavy (non-hydrogen) atoms. The maximum absolute atomic E-state index is 11.8. The maximum atomic E-state index is 11.8. The quantitative estimate of drug-likeness (QED) is 0.775. The van der Waals surface area contributed by atoms with Gasteiger partial charge in [0, 0.05) is 18.0 Å². The molecule has 0 aliphatic heterocycles. The van der Waals surface area contributed by atoms with Gasteiger partial charge in [-0.2, -0.15) is 13.2 Å². The highest BCUT2D eigenvalue weighted by molar-refractivity contribution is 5.53. The fourth-order valence-corrected chi connectivity index (χ4v) is 0.827. The summed E-state index contributed by atoms with van der Waals surface area (Å²) in [6.45, 7) is 0.623. The second-order valence-electron chi connectivity index (χ2n) is 2.89. The number of pyridine rings is 1. The molecule has 3 N–H and O–H groups in total. The van der Waals surface area contributed by atoms with Crippen LogP contribution in [-0.4, -0.2) is 17.7 Å². The van der Waals surface area contributed by atoms with Gasteiger partial charge in [-0.05, 0) is 12.5 Å². The molecule has 3 nitrogen and oxygen atoms in total. The van der Waals surface area contributed by atoms with Gasteiger partial charge >= 0.3 is 6.18 Å². The van der Waals surface area contributed by atoms with Crippen molar-refractivity contribution in [1.82, 2.24) is 4.98 Å². The van der Waals surface area contributed by atoms with Gasteiger partial charge in [-0.1, -0.05) is 0 Å².